The summed E-state index contributed by atoms with van der Waals surface area (Å²) in [5.74, 6) is -0.344. The molecule has 0 aliphatic heterocycles. The van der Waals surface area contributed by atoms with Gasteiger partial charge in [0.15, 0.2) is 5.65 Å². The zero-order valence-corrected chi connectivity index (χ0v) is 20.8. The second kappa shape index (κ2) is 9.98. The Bertz CT molecular complexity index is 1550. The van der Waals surface area contributed by atoms with Crippen LogP contribution in [-0.2, 0) is 17.9 Å². The van der Waals surface area contributed by atoms with Crippen LogP contribution in [0.2, 0.25) is 0 Å². The van der Waals surface area contributed by atoms with Gasteiger partial charge in [-0.05, 0) is 46.6 Å². The molecule has 7 nitrogen and oxygen atoms in total. The maximum atomic E-state index is 14.0. The molecular formula is C26H21BrF2N6O. The van der Waals surface area contributed by atoms with Crippen molar-refractivity contribution >= 4 is 38.6 Å². The largest absolute Gasteiger partial charge is 0.324 e. The summed E-state index contributed by atoms with van der Waals surface area (Å²) in [4.78, 5) is 17.5. The number of carbonyl (C=O) groups excluding carboxylic acids is 1. The van der Waals surface area contributed by atoms with Gasteiger partial charge in [0.1, 0.15) is 6.54 Å². The molecule has 182 valence electrons. The van der Waals surface area contributed by atoms with Crippen LogP contribution in [0.5, 0.6) is 0 Å². The quantitative estimate of drug-likeness (QED) is 0.270. The monoisotopic (exact) mass is 550 g/mol. The molecule has 10 heteroatoms. The third kappa shape index (κ3) is 5.03. The maximum absolute atomic E-state index is 14.0. The first-order valence-corrected chi connectivity index (χ1v) is 11.9. The average Bonchev–Trinajstić information content (AvgIpc) is 3.41. The number of nitrogens with one attached hydrogen (secondary N) is 1. The number of hydrogen-bond donors (Lipinski definition) is 1. The van der Waals surface area contributed by atoms with E-state index in [-0.39, 0.29) is 29.0 Å². The predicted molar refractivity (Wildman–Crippen MR) is 137 cm³/mol. The van der Waals surface area contributed by atoms with Crippen molar-refractivity contribution in [1.29, 1.82) is 0 Å². The van der Waals surface area contributed by atoms with E-state index >= 15 is 0 Å². The van der Waals surface area contributed by atoms with Crippen molar-refractivity contribution < 1.29 is 13.6 Å². The number of amides is 1. The van der Waals surface area contributed by atoms with Crippen LogP contribution in [0, 0.1) is 6.92 Å². The highest BCUT2D eigenvalue weighted by Crippen LogP contribution is 2.33. The molecule has 0 aliphatic rings. The van der Waals surface area contributed by atoms with E-state index in [1.165, 1.54) is 10.7 Å². The van der Waals surface area contributed by atoms with Crippen molar-refractivity contribution in [3.63, 3.8) is 0 Å². The third-order valence-corrected chi connectivity index (χ3v) is 6.07. The average molecular weight is 551 g/mol. The second-order valence-electron chi connectivity index (χ2n) is 8.31. The van der Waals surface area contributed by atoms with Crippen LogP contribution in [0.15, 0.2) is 77.5 Å². The maximum Gasteiger partial charge on any atom is 0.264 e. The van der Waals surface area contributed by atoms with Gasteiger partial charge in [0.25, 0.3) is 6.43 Å². The van der Waals surface area contributed by atoms with Crippen molar-refractivity contribution in [2.45, 2.75) is 26.4 Å². The predicted octanol–water partition coefficient (Wildman–Crippen LogP) is 5.99. The number of nitrogens with zero attached hydrogens (tertiary/aromatic N) is 5. The van der Waals surface area contributed by atoms with Crippen LogP contribution < -0.4 is 5.32 Å². The number of aryl methyl sites for hydroxylation is 1. The van der Waals surface area contributed by atoms with Gasteiger partial charge in [0, 0.05) is 23.0 Å². The molecule has 5 aromatic rings. The Balaban J connectivity index is 1.41. The minimum Gasteiger partial charge on any atom is -0.324 e. The first-order valence-electron chi connectivity index (χ1n) is 11.2. The third-order valence-electron chi connectivity index (χ3n) is 5.66. The number of fused-ring (bicyclic) bond motifs is 1. The molecule has 1 amide bonds. The number of rotatable bonds is 7. The molecule has 2 aromatic carbocycles. The van der Waals surface area contributed by atoms with E-state index in [0.717, 1.165) is 10.0 Å². The number of alkyl halides is 2. The summed E-state index contributed by atoms with van der Waals surface area (Å²) >= 11 is 3.38. The minimum absolute atomic E-state index is 0.152. The first kappa shape index (κ1) is 23.8. The fourth-order valence-corrected chi connectivity index (χ4v) is 4.45. The van der Waals surface area contributed by atoms with Crippen molar-refractivity contribution in [1.82, 2.24) is 24.5 Å². The summed E-state index contributed by atoms with van der Waals surface area (Å²) in [5.41, 5.74) is 3.17. The highest BCUT2D eigenvalue weighted by molar-refractivity contribution is 9.10. The Morgan fingerprint density at radius 1 is 1.11 bits per heavy atom. The first-order chi connectivity index (χ1) is 17.4. The fraction of sp³-hybridized carbons (Fsp3) is 0.154. The number of aromatic nitrogens is 5. The Kier molecular flexibility index (Phi) is 6.60. The van der Waals surface area contributed by atoms with Crippen LogP contribution >= 0.6 is 15.9 Å². The van der Waals surface area contributed by atoms with E-state index in [9.17, 15) is 13.6 Å². The zero-order chi connectivity index (χ0) is 25.2. The molecule has 3 heterocycles. The summed E-state index contributed by atoms with van der Waals surface area (Å²) < 4.78 is 32.0. The lowest BCUT2D eigenvalue weighted by atomic mass is 10.1. The Hall–Kier alpha value is -3.92. The summed E-state index contributed by atoms with van der Waals surface area (Å²) in [7, 11) is 0. The number of anilines is 1. The van der Waals surface area contributed by atoms with E-state index in [1.54, 1.807) is 36.0 Å². The zero-order valence-electron chi connectivity index (χ0n) is 19.2. The summed E-state index contributed by atoms with van der Waals surface area (Å²) in [6.45, 7) is 2.01. The van der Waals surface area contributed by atoms with Crippen LogP contribution in [-0.4, -0.2) is 30.5 Å². The number of hydrogen-bond acceptors (Lipinski definition) is 4. The standard InChI is InChI=1S/C26H21BrF2N6O/c1-16-24-21(25(28)29)11-22(18-7-3-2-4-8-18)32-26(24)35(33-16)15-23(36)31-20-9-5-6-17(10-20)13-34-14-19(27)12-30-34/h2-12,14,25H,13,15H2,1H3,(H,31,36). The lowest BCUT2D eigenvalue weighted by Gasteiger charge is -2.10. The van der Waals surface area contributed by atoms with E-state index in [0.29, 0.717) is 29.2 Å². The molecule has 0 aliphatic carbocycles. The van der Waals surface area contributed by atoms with Gasteiger partial charge in [0.2, 0.25) is 5.91 Å². The summed E-state index contributed by atoms with van der Waals surface area (Å²) in [6.07, 6.45) is 0.862. The molecule has 0 unspecified atom stereocenters. The van der Waals surface area contributed by atoms with Crippen molar-refractivity contribution in [2.24, 2.45) is 0 Å². The molecule has 3 aromatic heterocycles. The van der Waals surface area contributed by atoms with Crippen LogP contribution in [0.25, 0.3) is 22.3 Å². The second-order valence-corrected chi connectivity index (χ2v) is 9.23. The highest BCUT2D eigenvalue weighted by atomic mass is 79.9. The molecule has 0 fully saturated rings. The summed E-state index contributed by atoms with van der Waals surface area (Å²) in [5, 5.41) is 11.7. The summed E-state index contributed by atoms with van der Waals surface area (Å²) in [6, 6.07) is 17.9. The smallest absolute Gasteiger partial charge is 0.264 e. The van der Waals surface area contributed by atoms with E-state index in [2.05, 4.69) is 36.4 Å². The van der Waals surface area contributed by atoms with Crippen molar-refractivity contribution in [3.8, 4) is 11.3 Å². The Morgan fingerprint density at radius 2 is 1.92 bits per heavy atom. The Labute approximate surface area is 213 Å². The topological polar surface area (TPSA) is 77.6 Å². The molecule has 1 N–H and O–H groups in total. The lowest BCUT2D eigenvalue weighted by molar-refractivity contribution is -0.116. The molecular weight excluding hydrogens is 530 g/mol. The minimum atomic E-state index is -2.71. The highest BCUT2D eigenvalue weighted by Gasteiger charge is 2.22. The molecule has 0 bridgehead atoms. The van der Waals surface area contributed by atoms with Gasteiger partial charge in [-0.15, -0.1) is 0 Å². The molecule has 0 atom stereocenters. The molecule has 0 spiro atoms. The molecule has 0 saturated heterocycles. The van der Waals surface area contributed by atoms with Gasteiger partial charge in [-0.25, -0.2) is 18.4 Å². The van der Waals surface area contributed by atoms with E-state index < -0.39 is 6.43 Å². The van der Waals surface area contributed by atoms with Crippen LogP contribution in [0.3, 0.4) is 0 Å². The van der Waals surface area contributed by atoms with E-state index in [4.69, 9.17) is 0 Å². The van der Waals surface area contributed by atoms with Crippen LogP contribution in [0.1, 0.15) is 23.2 Å². The van der Waals surface area contributed by atoms with Gasteiger partial charge in [-0.2, -0.15) is 10.2 Å². The number of pyridine rings is 1. The molecule has 0 radical (unpaired) electrons. The van der Waals surface area contributed by atoms with Crippen LogP contribution in [0.4, 0.5) is 14.5 Å². The lowest BCUT2D eigenvalue weighted by Crippen LogP contribution is -2.20. The molecule has 36 heavy (non-hydrogen) atoms. The fourth-order valence-electron chi connectivity index (χ4n) is 4.12. The van der Waals surface area contributed by atoms with Gasteiger partial charge in [-0.1, -0.05) is 42.5 Å². The SMILES string of the molecule is Cc1nn(CC(=O)Nc2cccc(Cn3cc(Br)cn3)c2)c2nc(-c3ccccc3)cc(C(F)F)c12. The van der Waals surface area contributed by atoms with E-state index in [1.807, 2.05) is 42.6 Å². The number of benzene rings is 2. The van der Waals surface area contributed by atoms with Crippen molar-refractivity contribution in [2.75, 3.05) is 5.32 Å². The molecule has 5 rings (SSSR count). The normalized spacial score (nSPS) is 11.4. The van der Waals surface area contributed by atoms with Gasteiger partial charge >= 0.3 is 0 Å². The van der Waals surface area contributed by atoms with Crippen molar-refractivity contribution in [3.05, 3.63) is 94.4 Å². The van der Waals surface area contributed by atoms with Gasteiger partial charge < -0.3 is 5.32 Å². The number of halogens is 3. The number of carbonyl (C=O) groups is 1. The molecule has 0 saturated carbocycles. The van der Waals surface area contributed by atoms with Gasteiger partial charge in [0.05, 0.1) is 34.0 Å². The Morgan fingerprint density at radius 3 is 2.64 bits per heavy atom. The van der Waals surface area contributed by atoms with Gasteiger partial charge in [-0.3, -0.25) is 9.48 Å².